The van der Waals surface area contributed by atoms with E-state index in [-0.39, 0.29) is 58.4 Å². The summed E-state index contributed by atoms with van der Waals surface area (Å²) in [6, 6.07) is 12.0. The number of nitrogens with one attached hydrogen (secondary N) is 3. The van der Waals surface area contributed by atoms with Crippen molar-refractivity contribution in [1.29, 1.82) is 0 Å². The number of esters is 1. The van der Waals surface area contributed by atoms with E-state index in [1.165, 1.54) is 64.5 Å². The number of nitrogens with zero attached hydrogens (tertiary/aromatic N) is 3. The number of piperidine rings is 1. The minimum atomic E-state index is -3.80. The van der Waals surface area contributed by atoms with Crippen LogP contribution in [0.2, 0.25) is 10.0 Å². The molecule has 2 unspecified atom stereocenters. The molecule has 1 saturated heterocycles. The number of amides is 2. The second-order valence-electron chi connectivity index (χ2n) is 13.4. The number of benzene rings is 2. The third kappa shape index (κ3) is 12.4. The number of hydrogen-bond donors (Lipinski definition) is 3. The fourth-order valence-corrected chi connectivity index (χ4v) is 8.81. The average molecular weight is 806 g/mol. The first-order chi connectivity index (χ1) is 25.9. The molecule has 294 valence electrons. The molecule has 1 fully saturated rings. The molecule has 16 heteroatoms. The highest BCUT2D eigenvalue weighted by atomic mass is 35.5. The van der Waals surface area contributed by atoms with E-state index in [0.717, 1.165) is 23.9 Å². The normalized spacial score (nSPS) is 15.2. The number of methoxy groups -OCH3 is 1. The summed E-state index contributed by atoms with van der Waals surface area (Å²) in [4.78, 5) is 52.5. The summed E-state index contributed by atoms with van der Waals surface area (Å²) in [6.07, 6.45) is 12.2. The molecule has 0 spiro atoms. The third-order valence-electron chi connectivity index (χ3n) is 9.18. The number of anilines is 1. The summed E-state index contributed by atoms with van der Waals surface area (Å²) in [6.45, 7) is 4.23. The lowest BCUT2D eigenvalue weighted by Crippen LogP contribution is -2.47. The summed E-state index contributed by atoms with van der Waals surface area (Å²) >= 11 is 12.6. The van der Waals surface area contributed by atoms with Gasteiger partial charge in [-0.2, -0.15) is 5.10 Å². The van der Waals surface area contributed by atoms with Crippen LogP contribution in [0.4, 0.5) is 5.69 Å². The molecule has 0 aliphatic carbocycles. The van der Waals surface area contributed by atoms with Gasteiger partial charge in [0, 0.05) is 25.6 Å². The standard InChI is InChI=1S/C38H51Cl2N6O7P/c1-4-5-6-7-8-9-10-11-15-21-33(47)46-26-32(42-36(48)34-30(39)19-16-20-31(34)40)35(43-46)37(49)41-28-22-24-45(25-23-28)54(51,44-27(2)38(50)52-3)53-29-17-13-12-14-18-29/h12-14,16-20,26-28H,4-11,15,21-25H2,1-3H3,(H,41,49)(H,42,48)(H,44,51). The fourth-order valence-electron chi connectivity index (χ4n) is 6.15. The predicted molar refractivity (Wildman–Crippen MR) is 210 cm³/mol. The van der Waals surface area contributed by atoms with Crippen molar-refractivity contribution >= 4 is 60.3 Å². The van der Waals surface area contributed by atoms with Gasteiger partial charge in [-0.3, -0.25) is 19.2 Å². The van der Waals surface area contributed by atoms with Crippen LogP contribution < -0.4 is 20.2 Å². The van der Waals surface area contributed by atoms with Gasteiger partial charge in [0.25, 0.3) is 11.8 Å². The van der Waals surface area contributed by atoms with Gasteiger partial charge in [0.2, 0.25) is 5.91 Å². The highest BCUT2D eigenvalue weighted by Crippen LogP contribution is 2.48. The van der Waals surface area contributed by atoms with E-state index in [1.54, 1.807) is 41.1 Å². The van der Waals surface area contributed by atoms with Crippen LogP contribution in [0.1, 0.15) is 117 Å². The number of aromatic nitrogens is 2. The van der Waals surface area contributed by atoms with E-state index in [1.807, 2.05) is 0 Å². The lowest BCUT2D eigenvalue weighted by atomic mass is 10.1. The molecule has 0 radical (unpaired) electrons. The number of unbranched alkanes of at least 4 members (excludes halogenated alkanes) is 8. The van der Waals surface area contributed by atoms with Gasteiger partial charge in [-0.1, -0.05) is 106 Å². The number of rotatable bonds is 20. The summed E-state index contributed by atoms with van der Waals surface area (Å²) in [5, 5.41) is 13.0. The SMILES string of the molecule is CCCCCCCCCCCC(=O)n1cc(NC(=O)c2c(Cl)cccc2Cl)c(C(=O)NC2CCN(P(=O)(NC(C)C(=O)OC)Oc3ccccc3)CC2)n1. The summed E-state index contributed by atoms with van der Waals surface area (Å²) in [5.41, 5.74) is -0.111. The minimum Gasteiger partial charge on any atom is -0.468 e. The molecule has 0 saturated carbocycles. The average Bonchev–Trinajstić information content (AvgIpc) is 3.58. The highest BCUT2D eigenvalue weighted by Gasteiger charge is 2.39. The van der Waals surface area contributed by atoms with Crippen molar-refractivity contribution < 1.29 is 33.0 Å². The fraction of sp³-hybridized carbons (Fsp3) is 0.500. The monoisotopic (exact) mass is 804 g/mol. The van der Waals surface area contributed by atoms with Crippen molar-refractivity contribution in [2.45, 2.75) is 103 Å². The third-order valence-corrected chi connectivity index (χ3v) is 12.1. The van der Waals surface area contributed by atoms with Crippen LogP contribution in [0, 0.1) is 0 Å². The molecule has 3 aromatic rings. The van der Waals surface area contributed by atoms with E-state index in [0.29, 0.717) is 25.0 Å². The highest BCUT2D eigenvalue weighted by molar-refractivity contribution is 7.54. The van der Waals surface area contributed by atoms with Gasteiger partial charge in [0.15, 0.2) is 5.69 Å². The maximum atomic E-state index is 14.3. The van der Waals surface area contributed by atoms with Gasteiger partial charge >= 0.3 is 13.6 Å². The van der Waals surface area contributed by atoms with Crippen LogP contribution in [0.25, 0.3) is 0 Å². The first-order valence-corrected chi connectivity index (χ1v) is 20.9. The first kappa shape index (κ1) is 43.0. The van der Waals surface area contributed by atoms with Crippen LogP contribution in [-0.2, 0) is 14.1 Å². The van der Waals surface area contributed by atoms with Crippen LogP contribution in [0.15, 0.2) is 54.7 Å². The molecule has 3 N–H and O–H groups in total. The number of carbonyl (C=O) groups excluding carboxylic acids is 4. The molecule has 2 amide bonds. The quantitative estimate of drug-likeness (QED) is 0.0574. The Bertz CT molecular complexity index is 1750. The molecular weight excluding hydrogens is 754 g/mol. The second-order valence-corrected chi connectivity index (χ2v) is 16.2. The van der Waals surface area contributed by atoms with E-state index in [4.69, 9.17) is 32.5 Å². The molecule has 2 aromatic carbocycles. The lowest BCUT2D eigenvalue weighted by molar-refractivity contribution is -0.142. The van der Waals surface area contributed by atoms with Crippen molar-refractivity contribution in [3.8, 4) is 5.75 Å². The molecule has 4 rings (SSSR count). The zero-order valence-corrected chi connectivity index (χ0v) is 33.6. The Hall–Kier alpha value is -3.74. The molecule has 1 aliphatic heterocycles. The molecule has 2 atom stereocenters. The minimum absolute atomic E-state index is 0.0191. The van der Waals surface area contributed by atoms with Gasteiger partial charge in [0.1, 0.15) is 11.8 Å². The van der Waals surface area contributed by atoms with Crippen molar-refractivity contribution in [3.05, 3.63) is 76.0 Å². The first-order valence-electron chi connectivity index (χ1n) is 18.6. The van der Waals surface area contributed by atoms with Gasteiger partial charge in [0.05, 0.1) is 34.6 Å². The van der Waals surface area contributed by atoms with Gasteiger partial charge < -0.3 is 19.9 Å². The van der Waals surface area contributed by atoms with Gasteiger partial charge in [-0.25, -0.2) is 19.0 Å². The zero-order chi connectivity index (χ0) is 39.1. The summed E-state index contributed by atoms with van der Waals surface area (Å²) < 4.78 is 27.8. The van der Waals surface area contributed by atoms with Crippen molar-refractivity contribution in [2.75, 3.05) is 25.5 Å². The predicted octanol–water partition coefficient (Wildman–Crippen LogP) is 8.54. The Morgan fingerprint density at radius 2 is 1.50 bits per heavy atom. The Morgan fingerprint density at radius 3 is 2.11 bits per heavy atom. The number of carbonyl (C=O) groups is 4. The van der Waals surface area contributed by atoms with Crippen molar-refractivity contribution in [3.63, 3.8) is 0 Å². The number of halogens is 2. The van der Waals surface area contributed by atoms with E-state index in [9.17, 15) is 23.7 Å². The number of ether oxygens (including phenoxy) is 1. The number of para-hydroxylation sites is 1. The smallest absolute Gasteiger partial charge is 0.393 e. The molecule has 1 aliphatic rings. The van der Waals surface area contributed by atoms with Gasteiger partial charge in [-0.05, 0) is 50.5 Å². The maximum Gasteiger partial charge on any atom is 0.393 e. The summed E-state index contributed by atoms with van der Waals surface area (Å²) in [7, 11) is -2.55. The molecule has 13 nitrogen and oxygen atoms in total. The van der Waals surface area contributed by atoms with Crippen LogP contribution >= 0.6 is 30.9 Å². The molecule has 0 bridgehead atoms. The van der Waals surface area contributed by atoms with Crippen LogP contribution in [0.5, 0.6) is 5.75 Å². The van der Waals surface area contributed by atoms with E-state index in [2.05, 4.69) is 27.7 Å². The van der Waals surface area contributed by atoms with Crippen molar-refractivity contribution in [2.24, 2.45) is 0 Å². The van der Waals surface area contributed by atoms with Gasteiger partial charge in [-0.15, -0.1) is 0 Å². The Labute approximate surface area is 327 Å². The second kappa shape index (κ2) is 21.4. The van der Waals surface area contributed by atoms with Crippen molar-refractivity contribution in [1.82, 2.24) is 24.9 Å². The Kier molecular flexibility index (Phi) is 17.0. The maximum absolute atomic E-state index is 14.3. The topological polar surface area (TPSA) is 161 Å². The Balaban J connectivity index is 1.44. The lowest BCUT2D eigenvalue weighted by Gasteiger charge is -2.37. The molecular formula is C38H51Cl2N6O7P. The Morgan fingerprint density at radius 1 is 0.889 bits per heavy atom. The zero-order valence-electron chi connectivity index (χ0n) is 31.2. The molecule has 2 heterocycles. The molecule has 1 aromatic heterocycles. The van der Waals surface area contributed by atoms with E-state index < -0.39 is 31.5 Å². The summed E-state index contributed by atoms with van der Waals surface area (Å²) in [5.74, 6) is -1.82. The van der Waals surface area contributed by atoms with Crippen LogP contribution in [0.3, 0.4) is 0 Å². The van der Waals surface area contributed by atoms with E-state index >= 15 is 0 Å². The number of hydrogen-bond acceptors (Lipinski definition) is 8. The van der Waals surface area contributed by atoms with Crippen LogP contribution in [-0.4, -0.2) is 70.4 Å². The molecule has 54 heavy (non-hydrogen) atoms. The largest absolute Gasteiger partial charge is 0.468 e.